The largest absolute Gasteiger partial charge is 0.396 e. The van der Waals surface area contributed by atoms with E-state index < -0.39 is 6.41 Å². The lowest BCUT2D eigenvalue weighted by molar-refractivity contribution is -0.101. The average molecular weight is 399 g/mol. The van der Waals surface area contributed by atoms with Gasteiger partial charge in [0.2, 0.25) is 12.4 Å². The van der Waals surface area contributed by atoms with Gasteiger partial charge in [0.15, 0.2) is 5.82 Å². The number of aliphatic hydroxyl groups is 2. The summed E-state index contributed by atoms with van der Waals surface area (Å²) in [4.78, 5) is 21.2. The molecule has 0 amide bonds. The second-order valence-electron chi connectivity index (χ2n) is 4.21. The number of rotatable bonds is 5. The molecule has 1 atom stereocenters. The van der Waals surface area contributed by atoms with E-state index in [0.29, 0.717) is 12.1 Å². The number of nitrogens with one attached hydrogen (secondary N) is 1. The molecule has 2 rings (SSSR count). The van der Waals surface area contributed by atoms with Crippen molar-refractivity contribution in [3.63, 3.8) is 0 Å². The third kappa shape index (κ3) is 3.31. The first-order chi connectivity index (χ1) is 9.04. The Morgan fingerprint density at radius 3 is 2.95 bits per heavy atom. The van der Waals surface area contributed by atoms with Crippen molar-refractivity contribution in [3.05, 3.63) is 10.4 Å². The Morgan fingerprint density at radius 1 is 1.60 bits per heavy atom. The zero-order chi connectivity index (χ0) is 14.0. The first kappa shape index (κ1) is 16.9. The molecule has 0 bridgehead atoms. The summed E-state index contributed by atoms with van der Waals surface area (Å²) in [7, 11) is 1.70. The van der Waals surface area contributed by atoms with Gasteiger partial charge < -0.3 is 25.6 Å². The van der Waals surface area contributed by atoms with Crippen molar-refractivity contribution >= 4 is 41.4 Å². The Hall–Kier alpha value is -1.11. The van der Waals surface area contributed by atoms with E-state index in [1.54, 1.807) is 11.9 Å². The molecule has 1 unspecified atom stereocenters. The molecular weight excluding hydrogens is 381 g/mol. The van der Waals surface area contributed by atoms with Crippen molar-refractivity contribution in [2.45, 2.75) is 12.8 Å². The van der Waals surface area contributed by atoms with Crippen LogP contribution < -0.4 is 21.1 Å². The molecule has 0 saturated carbocycles. The summed E-state index contributed by atoms with van der Waals surface area (Å²) in [6, 6.07) is 0. The van der Waals surface area contributed by atoms with Crippen molar-refractivity contribution in [1.82, 2.24) is 9.97 Å². The summed E-state index contributed by atoms with van der Waals surface area (Å²) in [6.45, 7) is 0.440. The third-order valence-corrected chi connectivity index (χ3v) is 2.75. The van der Waals surface area contributed by atoms with Crippen LogP contribution in [0.5, 0.6) is 0 Å². The molecule has 0 aliphatic carbocycles. The van der Waals surface area contributed by atoms with Crippen LogP contribution in [0.2, 0.25) is 0 Å². The van der Waals surface area contributed by atoms with Crippen molar-refractivity contribution in [1.29, 1.82) is 0 Å². The molecule has 0 saturated heterocycles. The second-order valence-corrected chi connectivity index (χ2v) is 4.21. The summed E-state index contributed by atoms with van der Waals surface area (Å²) < 4.78 is 5.15. The number of aliphatic hydroxyl groups excluding tert-OH is 2. The van der Waals surface area contributed by atoms with Crippen molar-refractivity contribution in [2.75, 3.05) is 42.5 Å². The fourth-order valence-electron chi connectivity index (χ4n) is 1.90. The van der Waals surface area contributed by atoms with E-state index in [4.69, 9.17) is 15.6 Å². The highest BCUT2D eigenvalue weighted by Gasteiger charge is 2.32. The SMILES string of the molecule is CN1CN(C(O)OCCCO)c2nc(N)[nH]c(=O)c21.I. The molecule has 9 nitrogen and oxygen atoms in total. The van der Waals surface area contributed by atoms with Crippen LogP contribution in [0.3, 0.4) is 0 Å². The van der Waals surface area contributed by atoms with Gasteiger partial charge in [-0.1, -0.05) is 0 Å². The van der Waals surface area contributed by atoms with Crippen LogP contribution in [0.15, 0.2) is 4.79 Å². The average Bonchev–Trinajstić information content (AvgIpc) is 2.66. The van der Waals surface area contributed by atoms with Crippen LogP contribution in [0, 0.1) is 0 Å². The Morgan fingerprint density at radius 2 is 2.30 bits per heavy atom. The Kier molecular flexibility index (Phi) is 5.98. The molecule has 0 fully saturated rings. The van der Waals surface area contributed by atoms with Gasteiger partial charge in [0, 0.05) is 13.7 Å². The molecule has 1 aliphatic heterocycles. The molecule has 10 heteroatoms. The van der Waals surface area contributed by atoms with Gasteiger partial charge in [-0.25, -0.2) is 0 Å². The fraction of sp³-hybridized carbons (Fsp3) is 0.600. The lowest BCUT2D eigenvalue weighted by Crippen LogP contribution is -2.39. The lowest BCUT2D eigenvalue weighted by Gasteiger charge is -2.24. The molecule has 0 aromatic carbocycles. The summed E-state index contributed by atoms with van der Waals surface area (Å²) >= 11 is 0. The highest BCUT2D eigenvalue weighted by Crippen LogP contribution is 2.30. The molecule has 1 aliphatic rings. The zero-order valence-electron chi connectivity index (χ0n) is 10.9. The van der Waals surface area contributed by atoms with E-state index in [1.165, 1.54) is 4.90 Å². The van der Waals surface area contributed by atoms with Crippen LogP contribution in [0.25, 0.3) is 0 Å². The first-order valence-electron chi connectivity index (χ1n) is 5.82. The summed E-state index contributed by atoms with van der Waals surface area (Å²) in [5.74, 6) is 0.256. The van der Waals surface area contributed by atoms with Crippen LogP contribution in [0.1, 0.15) is 6.42 Å². The van der Waals surface area contributed by atoms with E-state index in [0.717, 1.165) is 0 Å². The van der Waals surface area contributed by atoms with Gasteiger partial charge >= 0.3 is 0 Å². The number of H-pyrrole nitrogens is 1. The number of hydrogen-bond donors (Lipinski definition) is 4. The number of fused-ring (bicyclic) bond motifs is 1. The minimum absolute atomic E-state index is 0. The van der Waals surface area contributed by atoms with Gasteiger partial charge in [0.1, 0.15) is 5.69 Å². The standard InChI is InChI=1S/C10H17N5O4.HI/c1-14-5-15(10(18)19-4-2-3-16)7-6(14)8(17)13-9(11)12-7;/h10,16,18H,2-5H2,1H3,(H3,11,12,13,17);1H. The number of anilines is 3. The number of halogens is 1. The molecule has 1 aromatic rings. The molecule has 0 spiro atoms. The minimum atomic E-state index is -1.25. The fourth-order valence-corrected chi connectivity index (χ4v) is 1.90. The predicted molar refractivity (Wildman–Crippen MR) is 84.1 cm³/mol. The maximum Gasteiger partial charge on any atom is 0.278 e. The van der Waals surface area contributed by atoms with Gasteiger partial charge in [-0.2, -0.15) is 4.98 Å². The number of nitrogens with two attached hydrogens (primary N) is 1. The topological polar surface area (TPSA) is 128 Å². The molecule has 20 heavy (non-hydrogen) atoms. The summed E-state index contributed by atoms with van der Waals surface area (Å²) in [5, 5.41) is 18.6. The monoisotopic (exact) mass is 399 g/mol. The van der Waals surface area contributed by atoms with Gasteiger partial charge in [0.25, 0.3) is 5.56 Å². The molecule has 0 radical (unpaired) electrons. The zero-order valence-corrected chi connectivity index (χ0v) is 13.3. The number of aromatic amines is 1. The Bertz CT molecular complexity index is 511. The summed E-state index contributed by atoms with van der Waals surface area (Å²) in [5.41, 5.74) is 5.46. The maximum atomic E-state index is 11.8. The van der Waals surface area contributed by atoms with Gasteiger partial charge in [0.05, 0.1) is 13.3 Å². The lowest BCUT2D eigenvalue weighted by atomic mass is 10.4. The number of hydrogen-bond acceptors (Lipinski definition) is 8. The van der Waals surface area contributed by atoms with Crippen LogP contribution in [-0.4, -0.2) is 53.5 Å². The number of ether oxygens (including phenoxy) is 1. The van der Waals surface area contributed by atoms with Gasteiger partial charge in [-0.05, 0) is 6.42 Å². The molecule has 1 aromatic heterocycles. The van der Waals surface area contributed by atoms with Crippen molar-refractivity contribution in [3.8, 4) is 0 Å². The number of nitrogen functional groups attached to an aromatic ring is 1. The van der Waals surface area contributed by atoms with E-state index in [1.807, 2.05) is 0 Å². The quantitative estimate of drug-likeness (QED) is 0.278. The van der Waals surface area contributed by atoms with Gasteiger partial charge in [-0.15, -0.1) is 24.0 Å². The van der Waals surface area contributed by atoms with Crippen LogP contribution >= 0.6 is 24.0 Å². The summed E-state index contributed by atoms with van der Waals surface area (Å²) in [6.07, 6.45) is -0.831. The normalized spacial score (nSPS) is 14.9. The van der Waals surface area contributed by atoms with E-state index in [2.05, 4.69) is 9.97 Å². The van der Waals surface area contributed by atoms with Crippen molar-refractivity contribution in [2.24, 2.45) is 0 Å². The smallest absolute Gasteiger partial charge is 0.278 e. The first-order valence-corrected chi connectivity index (χ1v) is 5.82. The third-order valence-electron chi connectivity index (χ3n) is 2.75. The predicted octanol–water partition coefficient (Wildman–Crippen LogP) is -1.14. The van der Waals surface area contributed by atoms with Gasteiger partial charge in [-0.3, -0.25) is 14.7 Å². The van der Waals surface area contributed by atoms with Crippen LogP contribution in [0.4, 0.5) is 17.5 Å². The Labute approximate surface area is 132 Å². The van der Waals surface area contributed by atoms with E-state index in [9.17, 15) is 9.90 Å². The maximum absolute atomic E-state index is 11.8. The van der Waals surface area contributed by atoms with Crippen molar-refractivity contribution < 1.29 is 14.9 Å². The second kappa shape index (κ2) is 7.06. The van der Waals surface area contributed by atoms with Crippen LogP contribution in [-0.2, 0) is 4.74 Å². The molecule has 5 N–H and O–H groups in total. The molecule has 2 heterocycles. The highest BCUT2D eigenvalue weighted by atomic mass is 127. The molecule has 114 valence electrons. The number of aromatic nitrogens is 2. The van der Waals surface area contributed by atoms with E-state index >= 15 is 0 Å². The number of nitrogens with zero attached hydrogens (tertiary/aromatic N) is 3. The highest BCUT2D eigenvalue weighted by molar-refractivity contribution is 14.0. The minimum Gasteiger partial charge on any atom is -0.396 e. The van der Waals surface area contributed by atoms with E-state index in [-0.39, 0.29) is 61.2 Å². The Balaban J connectivity index is 0.00000200. The molecular formula is C10H18IN5O4.